The first-order chi connectivity index (χ1) is 12.4. The number of piperidine rings is 2. The van der Waals surface area contributed by atoms with Gasteiger partial charge in [-0.15, -0.1) is 0 Å². The van der Waals surface area contributed by atoms with Gasteiger partial charge in [0.25, 0.3) is 0 Å². The summed E-state index contributed by atoms with van der Waals surface area (Å²) in [5, 5.41) is 14.0. The molecule has 0 spiro atoms. The van der Waals surface area contributed by atoms with Crippen LogP contribution in [0.3, 0.4) is 0 Å². The fraction of sp³-hybridized carbons (Fsp3) is 0.529. The second-order valence-corrected chi connectivity index (χ2v) is 6.71. The molecule has 3 N–H and O–H groups in total. The zero-order valence-electron chi connectivity index (χ0n) is 14.2. The first kappa shape index (κ1) is 18.1. The number of hydrogen-bond donors (Lipinski definition) is 3. The van der Waals surface area contributed by atoms with Gasteiger partial charge in [0.2, 0.25) is 11.8 Å². The molecule has 2 fully saturated rings. The number of nitrogens with one attached hydrogen (secondary N) is 2. The van der Waals surface area contributed by atoms with Gasteiger partial charge in [-0.1, -0.05) is 0 Å². The van der Waals surface area contributed by atoms with Crippen molar-refractivity contribution < 1.29 is 23.9 Å². The van der Waals surface area contributed by atoms with Gasteiger partial charge in [0.05, 0.1) is 11.9 Å². The monoisotopic (exact) mass is 364 g/mol. The fourth-order valence-corrected chi connectivity index (χ4v) is 3.37. The van der Waals surface area contributed by atoms with Gasteiger partial charge < -0.3 is 15.3 Å². The first-order valence-corrected chi connectivity index (χ1v) is 8.65. The van der Waals surface area contributed by atoms with E-state index >= 15 is 0 Å². The summed E-state index contributed by atoms with van der Waals surface area (Å²) in [5.41, 5.74) is 0.376. The Bertz CT molecular complexity index is 719. The average molecular weight is 364 g/mol. The summed E-state index contributed by atoms with van der Waals surface area (Å²) in [6.07, 6.45) is 3.56. The van der Waals surface area contributed by atoms with Crippen LogP contribution >= 0.6 is 0 Å². The Morgan fingerprint density at radius 3 is 2.69 bits per heavy atom. The number of carboxylic acids is 1. The number of aliphatic carboxylic acids is 1. The molecule has 2 aliphatic heterocycles. The molecular weight excluding hydrogens is 343 g/mol. The number of aromatic nitrogens is 1. The topological polar surface area (TPSA) is 112 Å². The van der Waals surface area contributed by atoms with Gasteiger partial charge >= 0.3 is 5.97 Å². The maximum Gasteiger partial charge on any atom is 0.303 e. The van der Waals surface area contributed by atoms with Gasteiger partial charge in [-0.25, -0.2) is 9.37 Å². The number of hydrogen-bond acceptors (Lipinski definition) is 6. The molecule has 8 nitrogen and oxygen atoms in total. The Hall–Kier alpha value is -2.71. The lowest BCUT2D eigenvalue weighted by Gasteiger charge is -2.32. The quantitative estimate of drug-likeness (QED) is 0.672. The van der Waals surface area contributed by atoms with Gasteiger partial charge in [0.15, 0.2) is 11.6 Å². The molecule has 0 bridgehead atoms. The Balaban J connectivity index is 1.60. The van der Waals surface area contributed by atoms with Crippen molar-refractivity contribution in [3.05, 3.63) is 18.1 Å². The number of carboxylic acid groups (broad SMARTS) is 1. The van der Waals surface area contributed by atoms with E-state index in [-0.39, 0.29) is 30.5 Å². The van der Waals surface area contributed by atoms with Crippen molar-refractivity contribution in [1.82, 2.24) is 10.3 Å². The van der Waals surface area contributed by atoms with Crippen molar-refractivity contribution in [3.63, 3.8) is 0 Å². The summed E-state index contributed by atoms with van der Waals surface area (Å²) in [5.74, 6) is -1.70. The Morgan fingerprint density at radius 2 is 2.08 bits per heavy atom. The molecule has 1 atom stereocenters. The van der Waals surface area contributed by atoms with Crippen molar-refractivity contribution in [2.45, 2.75) is 38.1 Å². The lowest BCUT2D eigenvalue weighted by Crippen LogP contribution is -2.47. The van der Waals surface area contributed by atoms with Crippen LogP contribution in [0.4, 0.5) is 15.9 Å². The predicted molar refractivity (Wildman–Crippen MR) is 91.2 cm³/mol. The van der Waals surface area contributed by atoms with Crippen LogP contribution in [0.2, 0.25) is 0 Å². The SMILES string of the molecule is O=C(O)CC1CCN(c2ncc(NC3CCC(=O)NC3=O)cc2F)CC1. The third-order valence-corrected chi connectivity index (χ3v) is 4.78. The van der Waals surface area contributed by atoms with Crippen LogP contribution in [-0.2, 0) is 14.4 Å². The van der Waals surface area contributed by atoms with E-state index in [2.05, 4.69) is 15.6 Å². The molecule has 3 heterocycles. The molecule has 2 aliphatic rings. The van der Waals surface area contributed by atoms with Gasteiger partial charge in [-0.05, 0) is 25.2 Å². The normalized spacial score (nSPS) is 21.4. The van der Waals surface area contributed by atoms with Gasteiger partial charge in [-0.2, -0.15) is 0 Å². The molecule has 0 saturated carbocycles. The van der Waals surface area contributed by atoms with Crippen LogP contribution in [0.25, 0.3) is 0 Å². The molecular formula is C17H21FN4O4. The highest BCUT2D eigenvalue weighted by atomic mass is 19.1. The highest BCUT2D eigenvalue weighted by Gasteiger charge is 2.27. The fourth-order valence-electron chi connectivity index (χ4n) is 3.37. The minimum absolute atomic E-state index is 0.111. The minimum Gasteiger partial charge on any atom is -0.481 e. The smallest absolute Gasteiger partial charge is 0.303 e. The molecule has 2 amide bonds. The van der Waals surface area contributed by atoms with Crippen LogP contribution in [0.1, 0.15) is 32.1 Å². The molecule has 2 saturated heterocycles. The molecule has 140 valence electrons. The van der Waals surface area contributed by atoms with Gasteiger partial charge in [0, 0.05) is 32.0 Å². The highest BCUT2D eigenvalue weighted by Crippen LogP contribution is 2.27. The minimum atomic E-state index is -0.809. The Kier molecular flexibility index (Phi) is 5.34. The van der Waals surface area contributed by atoms with Gasteiger partial charge in [0.1, 0.15) is 6.04 Å². The maximum absolute atomic E-state index is 14.5. The predicted octanol–water partition coefficient (Wildman–Crippen LogP) is 1.13. The summed E-state index contributed by atoms with van der Waals surface area (Å²) < 4.78 is 14.5. The summed E-state index contributed by atoms with van der Waals surface area (Å²) >= 11 is 0. The lowest BCUT2D eigenvalue weighted by atomic mass is 9.93. The number of pyridine rings is 1. The van der Waals surface area contributed by atoms with Crippen LogP contribution < -0.4 is 15.5 Å². The number of carbonyl (C=O) groups excluding carboxylic acids is 2. The molecule has 1 aromatic rings. The Labute approximate surface area is 149 Å². The van der Waals surface area contributed by atoms with Crippen LogP contribution in [0.5, 0.6) is 0 Å². The molecule has 9 heteroatoms. The van der Waals surface area contributed by atoms with E-state index in [4.69, 9.17) is 5.11 Å². The lowest BCUT2D eigenvalue weighted by molar-refractivity contribution is -0.138. The van der Waals surface area contributed by atoms with E-state index in [9.17, 15) is 18.8 Å². The number of nitrogens with zero attached hydrogens (tertiary/aromatic N) is 2. The number of anilines is 2. The third kappa shape index (κ3) is 4.27. The summed E-state index contributed by atoms with van der Waals surface area (Å²) in [4.78, 5) is 39.7. The van der Waals surface area contributed by atoms with E-state index in [1.165, 1.54) is 12.3 Å². The standard InChI is InChI=1S/C17H21FN4O4/c18-12-8-11(20-13-1-2-14(23)21-17(13)26)9-19-16(12)22-5-3-10(4-6-22)7-15(24)25/h8-10,13,20H,1-7H2,(H,24,25)(H,21,23,26). The van der Waals surface area contributed by atoms with Crippen molar-refractivity contribution in [2.24, 2.45) is 5.92 Å². The van der Waals surface area contributed by atoms with Crippen LogP contribution in [-0.4, -0.2) is 47.0 Å². The molecule has 0 aliphatic carbocycles. The first-order valence-electron chi connectivity index (χ1n) is 8.65. The molecule has 1 aromatic heterocycles. The van der Waals surface area contributed by atoms with Crippen LogP contribution in [0, 0.1) is 11.7 Å². The second kappa shape index (κ2) is 7.67. The molecule has 1 unspecified atom stereocenters. The molecule has 3 rings (SSSR count). The van der Waals surface area contributed by atoms with E-state index in [0.29, 0.717) is 38.0 Å². The number of carbonyl (C=O) groups is 3. The number of halogens is 1. The largest absolute Gasteiger partial charge is 0.481 e. The van der Waals surface area contributed by atoms with Crippen molar-refractivity contribution >= 4 is 29.3 Å². The third-order valence-electron chi connectivity index (χ3n) is 4.78. The second-order valence-electron chi connectivity index (χ2n) is 6.71. The van der Waals surface area contributed by atoms with E-state index in [1.54, 1.807) is 0 Å². The zero-order chi connectivity index (χ0) is 18.7. The van der Waals surface area contributed by atoms with Crippen molar-refractivity contribution in [2.75, 3.05) is 23.3 Å². The summed E-state index contributed by atoms with van der Waals surface area (Å²) in [6.45, 7) is 1.11. The summed E-state index contributed by atoms with van der Waals surface area (Å²) in [6, 6.07) is 0.696. The average Bonchev–Trinajstić information content (AvgIpc) is 2.58. The molecule has 0 aromatic carbocycles. The molecule has 0 radical (unpaired) electrons. The van der Waals surface area contributed by atoms with Gasteiger partial charge in [-0.3, -0.25) is 19.7 Å². The maximum atomic E-state index is 14.5. The zero-order valence-corrected chi connectivity index (χ0v) is 14.2. The van der Waals surface area contributed by atoms with E-state index < -0.39 is 23.7 Å². The van der Waals surface area contributed by atoms with E-state index in [1.807, 2.05) is 4.90 Å². The van der Waals surface area contributed by atoms with E-state index in [0.717, 1.165) is 0 Å². The Morgan fingerprint density at radius 1 is 1.35 bits per heavy atom. The molecule has 26 heavy (non-hydrogen) atoms. The summed E-state index contributed by atoms with van der Waals surface area (Å²) in [7, 11) is 0. The van der Waals surface area contributed by atoms with Crippen LogP contribution in [0.15, 0.2) is 12.3 Å². The van der Waals surface area contributed by atoms with Crippen molar-refractivity contribution in [1.29, 1.82) is 0 Å². The highest BCUT2D eigenvalue weighted by molar-refractivity contribution is 6.01. The number of imide groups is 1. The number of amides is 2. The number of rotatable bonds is 5. The van der Waals surface area contributed by atoms with Crippen molar-refractivity contribution in [3.8, 4) is 0 Å².